The molecule has 1 aromatic carbocycles. The summed E-state index contributed by atoms with van der Waals surface area (Å²) in [6.07, 6.45) is 0. The van der Waals surface area contributed by atoms with Crippen LogP contribution in [-0.2, 0) is 10.2 Å². The lowest BCUT2D eigenvalue weighted by atomic mass is 9.87. The second-order valence-electron chi connectivity index (χ2n) is 6.24. The second kappa shape index (κ2) is 6.40. The number of hydrogen-bond donors (Lipinski definition) is 1. The monoisotopic (exact) mass is 264 g/mol. The van der Waals surface area contributed by atoms with Crippen molar-refractivity contribution in [2.45, 2.75) is 26.2 Å². The molecular formula is C16H26NO2+. The highest BCUT2D eigenvalue weighted by molar-refractivity contribution is 5.31. The molecule has 0 amide bonds. The van der Waals surface area contributed by atoms with Crippen molar-refractivity contribution in [1.29, 1.82) is 0 Å². The van der Waals surface area contributed by atoms with E-state index in [-0.39, 0.29) is 5.41 Å². The lowest BCUT2D eigenvalue weighted by Crippen LogP contribution is -3.14. The Morgan fingerprint density at radius 3 is 2.32 bits per heavy atom. The number of benzene rings is 1. The summed E-state index contributed by atoms with van der Waals surface area (Å²) in [5, 5.41) is 0. The van der Waals surface area contributed by atoms with Gasteiger partial charge in [-0.05, 0) is 23.1 Å². The molecule has 0 saturated carbocycles. The lowest BCUT2D eigenvalue weighted by molar-refractivity contribution is -0.908. The van der Waals surface area contributed by atoms with Crippen LogP contribution in [0.15, 0.2) is 24.3 Å². The third kappa shape index (κ3) is 4.51. The summed E-state index contributed by atoms with van der Waals surface area (Å²) >= 11 is 0. The molecule has 2 rings (SSSR count). The number of nitrogens with one attached hydrogen (secondary N) is 1. The van der Waals surface area contributed by atoms with Crippen LogP contribution < -0.4 is 9.64 Å². The first-order valence-corrected chi connectivity index (χ1v) is 7.20. The van der Waals surface area contributed by atoms with Gasteiger partial charge in [0.2, 0.25) is 0 Å². The van der Waals surface area contributed by atoms with Crippen LogP contribution in [0.25, 0.3) is 0 Å². The minimum absolute atomic E-state index is 0.205. The van der Waals surface area contributed by atoms with Crippen molar-refractivity contribution in [1.82, 2.24) is 0 Å². The maximum Gasteiger partial charge on any atom is 0.137 e. The molecule has 0 bridgehead atoms. The maximum absolute atomic E-state index is 5.81. The average molecular weight is 264 g/mol. The van der Waals surface area contributed by atoms with Crippen molar-refractivity contribution in [3.8, 4) is 5.75 Å². The summed E-state index contributed by atoms with van der Waals surface area (Å²) in [4.78, 5) is 1.58. The van der Waals surface area contributed by atoms with Crippen LogP contribution in [0.5, 0.6) is 5.75 Å². The van der Waals surface area contributed by atoms with Crippen LogP contribution >= 0.6 is 0 Å². The first kappa shape index (κ1) is 14.4. The van der Waals surface area contributed by atoms with Crippen molar-refractivity contribution in [3.05, 3.63) is 29.8 Å². The van der Waals surface area contributed by atoms with Crippen LogP contribution in [0.1, 0.15) is 26.3 Å². The van der Waals surface area contributed by atoms with E-state index < -0.39 is 0 Å². The van der Waals surface area contributed by atoms with E-state index in [2.05, 4.69) is 45.0 Å². The number of hydrogen-bond acceptors (Lipinski definition) is 2. The first-order chi connectivity index (χ1) is 9.05. The third-order valence-corrected chi connectivity index (χ3v) is 3.64. The molecule has 1 aliphatic heterocycles. The highest BCUT2D eigenvalue weighted by Crippen LogP contribution is 2.24. The zero-order chi connectivity index (χ0) is 13.7. The molecule has 0 spiro atoms. The van der Waals surface area contributed by atoms with Gasteiger partial charge in [-0.2, -0.15) is 0 Å². The third-order valence-electron chi connectivity index (χ3n) is 3.64. The van der Waals surface area contributed by atoms with Gasteiger partial charge < -0.3 is 14.4 Å². The molecule has 0 radical (unpaired) electrons. The lowest BCUT2D eigenvalue weighted by Gasteiger charge is -2.23. The Morgan fingerprint density at radius 1 is 1.11 bits per heavy atom. The van der Waals surface area contributed by atoms with Crippen molar-refractivity contribution in [3.63, 3.8) is 0 Å². The predicted octanol–water partition coefficient (Wildman–Crippen LogP) is 1.28. The smallest absolute Gasteiger partial charge is 0.137 e. The largest absolute Gasteiger partial charge is 0.488 e. The predicted molar refractivity (Wildman–Crippen MR) is 77.0 cm³/mol. The van der Waals surface area contributed by atoms with Gasteiger partial charge in [-0.15, -0.1) is 0 Å². The molecule has 1 heterocycles. The maximum atomic E-state index is 5.81. The summed E-state index contributed by atoms with van der Waals surface area (Å²) in [6, 6.07) is 8.48. The summed E-state index contributed by atoms with van der Waals surface area (Å²) in [5.41, 5.74) is 1.55. The molecule has 0 atom stereocenters. The van der Waals surface area contributed by atoms with E-state index in [1.54, 1.807) is 4.90 Å². The van der Waals surface area contributed by atoms with Gasteiger partial charge in [0.15, 0.2) is 0 Å². The van der Waals surface area contributed by atoms with Gasteiger partial charge >= 0.3 is 0 Å². The number of rotatable bonds is 4. The Hall–Kier alpha value is -1.06. The summed E-state index contributed by atoms with van der Waals surface area (Å²) in [5.74, 6) is 0.973. The topological polar surface area (TPSA) is 22.9 Å². The van der Waals surface area contributed by atoms with Crippen LogP contribution in [0.2, 0.25) is 0 Å². The minimum Gasteiger partial charge on any atom is -0.488 e. The van der Waals surface area contributed by atoms with Gasteiger partial charge in [-0.3, -0.25) is 0 Å². The van der Waals surface area contributed by atoms with Gasteiger partial charge in [-0.25, -0.2) is 0 Å². The van der Waals surface area contributed by atoms with Crippen molar-refractivity contribution in [2.75, 3.05) is 39.5 Å². The van der Waals surface area contributed by atoms with Gasteiger partial charge in [-0.1, -0.05) is 32.9 Å². The average Bonchev–Trinajstić information content (AvgIpc) is 2.39. The standard InChI is InChI=1S/C16H25NO2/c1-16(2,3)14-4-6-15(7-5-14)19-13-10-17-8-11-18-12-9-17/h4-7H,8-13H2,1-3H3/p+1. The molecule has 1 saturated heterocycles. The highest BCUT2D eigenvalue weighted by Gasteiger charge is 2.14. The molecule has 1 N–H and O–H groups in total. The van der Waals surface area contributed by atoms with Crippen molar-refractivity contribution >= 4 is 0 Å². The number of ether oxygens (including phenoxy) is 2. The van der Waals surface area contributed by atoms with E-state index in [9.17, 15) is 0 Å². The fourth-order valence-corrected chi connectivity index (χ4v) is 2.27. The Labute approximate surface area is 116 Å². The molecule has 3 nitrogen and oxygen atoms in total. The van der Waals surface area contributed by atoms with Gasteiger partial charge in [0, 0.05) is 0 Å². The second-order valence-corrected chi connectivity index (χ2v) is 6.24. The van der Waals surface area contributed by atoms with Crippen LogP contribution in [0.3, 0.4) is 0 Å². The van der Waals surface area contributed by atoms with E-state index in [4.69, 9.17) is 9.47 Å². The fourth-order valence-electron chi connectivity index (χ4n) is 2.27. The van der Waals surface area contributed by atoms with Gasteiger partial charge in [0.05, 0.1) is 13.2 Å². The van der Waals surface area contributed by atoms with E-state index in [1.165, 1.54) is 5.56 Å². The minimum atomic E-state index is 0.205. The Balaban J connectivity index is 1.76. The van der Waals surface area contributed by atoms with Gasteiger partial charge in [0.1, 0.15) is 32.0 Å². The fraction of sp³-hybridized carbons (Fsp3) is 0.625. The number of morpholine rings is 1. The van der Waals surface area contributed by atoms with Crippen molar-refractivity contribution in [2.24, 2.45) is 0 Å². The van der Waals surface area contributed by atoms with Crippen LogP contribution in [0.4, 0.5) is 0 Å². The molecule has 0 unspecified atom stereocenters. The first-order valence-electron chi connectivity index (χ1n) is 7.20. The summed E-state index contributed by atoms with van der Waals surface area (Å²) < 4.78 is 11.2. The molecule has 19 heavy (non-hydrogen) atoms. The Morgan fingerprint density at radius 2 is 1.74 bits per heavy atom. The van der Waals surface area contributed by atoms with Crippen molar-refractivity contribution < 1.29 is 14.4 Å². The van der Waals surface area contributed by atoms with E-state index in [0.29, 0.717) is 0 Å². The Bertz CT molecular complexity index is 375. The van der Waals surface area contributed by atoms with Crippen LogP contribution in [-0.4, -0.2) is 39.5 Å². The normalized spacial score (nSPS) is 17.4. The quantitative estimate of drug-likeness (QED) is 0.885. The van der Waals surface area contributed by atoms with Crippen LogP contribution in [0, 0.1) is 0 Å². The van der Waals surface area contributed by atoms with E-state index in [0.717, 1.165) is 45.2 Å². The molecular weight excluding hydrogens is 238 g/mol. The highest BCUT2D eigenvalue weighted by atomic mass is 16.5. The zero-order valence-corrected chi connectivity index (χ0v) is 12.4. The summed E-state index contributed by atoms with van der Waals surface area (Å²) in [7, 11) is 0. The Kier molecular flexibility index (Phi) is 4.83. The molecule has 0 aliphatic carbocycles. The molecule has 1 fully saturated rings. The molecule has 106 valence electrons. The molecule has 1 aromatic rings. The molecule has 1 aliphatic rings. The van der Waals surface area contributed by atoms with E-state index >= 15 is 0 Å². The SMILES string of the molecule is CC(C)(C)c1ccc(OCC[NH+]2CCOCC2)cc1. The number of quaternary nitrogens is 1. The zero-order valence-electron chi connectivity index (χ0n) is 12.4. The molecule has 3 heteroatoms. The summed E-state index contributed by atoms with van der Waals surface area (Å²) in [6.45, 7) is 12.5. The van der Waals surface area contributed by atoms with Gasteiger partial charge in [0.25, 0.3) is 0 Å². The molecule has 0 aromatic heterocycles. The van der Waals surface area contributed by atoms with E-state index in [1.807, 2.05) is 0 Å².